The summed E-state index contributed by atoms with van der Waals surface area (Å²) >= 11 is 2.21. The van der Waals surface area contributed by atoms with Crippen molar-refractivity contribution in [1.29, 1.82) is 5.26 Å². The van der Waals surface area contributed by atoms with E-state index in [4.69, 9.17) is 5.26 Å². The van der Waals surface area contributed by atoms with Crippen LogP contribution in [0, 0.1) is 14.9 Å². The maximum atomic E-state index is 9.05. The first-order valence-corrected chi connectivity index (χ1v) is 6.51. The number of rotatable bonds is 1. The van der Waals surface area contributed by atoms with E-state index in [1.165, 1.54) is 17.6 Å². The van der Waals surface area contributed by atoms with E-state index in [0.717, 1.165) is 15.6 Å². The molecule has 0 bridgehead atoms. The van der Waals surface area contributed by atoms with Gasteiger partial charge in [0.25, 0.3) is 0 Å². The van der Waals surface area contributed by atoms with Crippen molar-refractivity contribution in [1.82, 2.24) is 0 Å². The van der Waals surface area contributed by atoms with Crippen molar-refractivity contribution in [3.8, 4) is 6.07 Å². The third-order valence-corrected chi connectivity index (χ3v) is 4.29. The van der Waals surface area contributed by atoms with Crippen LogP contribution in [0.4, 0.5) is 0 Å². The summed E-state index contributed by atoms with van der Waals surface area (Å²) in [5, 5.41) is 9.05. The molecule has 1 aromatic carbocycles. The summed E-state index contributed by atoms with van der Waals surface area (Å²) in [6.45, 7) is 4.44. The minimum absolute atomic E-state index is 0.125. The summed E-state index contributed by atoms with van der Waals surface area (Å²) in [5.41, 5.74) is 3.64. The molecule has 1 atom stereocenters. The van der Waals surface area contributed by atoms with E-state index < -0.39 is 0 Å². The lowest BCUT2D eigenvalue weighted by molar-refractivity contribution is 0.578. The van der Waals surface area contributed by atoms with Gasteiger partial charge in [-0.15, -0.1) is 0 Å². The van der Waals surface area contributed by atoms with Crippen LogP contribution >= 0.6 is 22.6 Å². The van der Waals surface area contributed by atoms with Crippen LogP contribution in [0.5, 0.6) is 0 Å². The van der Waals surface area contributed by atoms with Gasteiger partial charge in [-0.2, -0.15) is 5.26 Å². The van der Waals surface area contributed by atoms with Crippen molar-refractivity contribution in [3.05, 3.63) is 44.5 Å². The molecule has 16 heavy (non-hydrogen) atoms. The van der Waals surface area contributed by atoms with Crippen LogP contribution in [0.25, 0.3) is 0 Å². The van der Waals surface area contributed by atoms with Crippen LogP contribution in [0.15, 0.2) is 29.8 Å². The van der Waals surface area contributed by atoms with Crippen molar-refractivity contribution < 1.29 is 0 Å². The van der Waals surface area contributed by atoms with Crippen molar-refractivity contribution in [3.63, 3.8) is 0 Å². The van der Waals surface area contributed by atoms with Crippen LogP contribution in [0.2, 0.25) is 0 Å². The zero-order valence-corrected chi connectivity index (χ0v) is 11.7. The SMILES string of the molecule is CC1=C[C@](C)(c2ccc(I)c(C#N)c2)CC1. The highest BCUT2D eigenvalue weighted by molar-refractivity contribution is 14.1. The molecule has 0 radical (unpaired) electrons. The molecule has 0 unspecified atom stereocenters. The number of nitriles is 1. The van der Waals surface area contributed by atoms with Gasteiger partial charge in [0.15, 0.2) is 0 Å². The smallest absolute Gasteiger partial charge is 0.100 e. The molecule has 2 heteroatoms. The van der Waals surface area contributed by atoms with Crippen LogP contribution < -0.4 is 0 Å². The summed E-state index contributed by atoms with van der Waals surface area (Å²) in [6.07, 6.45) is 4.67. The summed E-state index contributed by atoms with van der Waals surface area (Å²) in [4.78, 5) is 0. The molecule has 0 N–H and O–H groups in total. The minimum atomic E-state index is 0.125. The second-order valence-corrected chi connectivity index (χ2v) is 5.88. The van der Waals surface area contributed by atoms with E-state index in [2.05, 4.69) is 54.6 Å². The molecule has 1 aromatic rings. The quantitative estimate of drug-likeness (QED) is 0.562. The van der Waals surface area contributed by atoms with Crippen molar-refractivity contribution in [2.24, 2.45) is 0 Å². The number of halogens is 1. The van der Waals surface area contributed by atoms with Gasteiger partial charge in [0.2, 0.25) is 0 Å². The van der Waals surface area contributed by atoms with Crippen LogP contribution in [0.1, 0.15) is 37.8 Å². The highest BCUT2D eigenvalue weighted by Gasteiger charge is 2.28. The van der Waals surface area contributed by atoms with Crippen LogP contribution in [-0.4, -0.2) is 0 Å². The standard InChI is InChI=1S/C14H14IN/c1-10-5-6-14(2,8-10)12-3-4-13(15)11(7-12)9-16/h3-4,7-8H,5-6H2,1-2H3/t14-/m1/s1. The Labute approximate surface area is 110 Å². The Balaban J connectivity index is 2.46. The highest BCUT2D eigenvalue weighted by atomic mass is 127. The van der Waals surface area contributed by atoms with Gasteiger partial charge in [-0.05, 0) is 60.1 Å². The molecule has 0 amide bonds. The molecule has 1 aliphatic rings. The van der Waals surface area contributed by atoms with Crippen LogP contribution in [-0.2, 0) is 5.41 Å². The monoisotopic (exact) mass is 323 g/mol. The molecule has 0 aliphatic heterocycles. The predicted octanol–water partition coefficient (Wildman–Crippen LogP) is 4.16. The minimum Gasteiger partial charge on any atom is -0.192 e. The Bertz CT molecular complexity index is 496. The molecule has 0 heterocycles. The van der Waals surface area contributed by atoms with Crippen molar-refractivity contribution in [2.45, 2.75) is 32.1 Å². The van der Waals surface area contributed by atoms with Crippen LogP contribution in [0.3, 0.4) is 0 Å². The number of benzene rings is 1. The maximum Gasteiger partial charge on any atom is 0.100 e. The first-order chi connectivity index (χ1) is 7.55. The van der Waals surface area contributed by atoms with E-state index in [9.17, 15) is 0 Å². The summed E-state index contributed by atoms with van der Waals surface area (Å²) in [6, 6.07) is 8.49. The molecule has 1 aliphatic carbocycles. The Morgan fingerprint density at radius 2 is 2.19 bits per heavy atom. The molecule has 0 aromatic heterocycles. The fraction of sp³-hybridized carbons (Fsp3) is 0.357. The van der Waals surface area contributed by atoms with Gasteiger partial charge in [-0.25, -0.2) is 0 Å². The zero-order chi connectivity index (χ0) is 11.8. The topological polar surface area (TPSA) is 23.8 Å². The average molecular weight is 323 g/mol. The van der Waals surface area contributed by atoms with Gasteiger partial charge in [-0.3, -0.25) is 0 Å². The molecule has 2 rings (SSSR count). The second-order valence-electron chi connectivity index (χ2n) is 4.71. The molecule has 0 saturated heterocycles. The molecule has 0 fully saturated rings. The van der Waals surface area contributed by atoms with Gasteiger partial charge in [0, 0.05) is 8.99 Å². The Hall–Kier alpha value is -0.820. The molecule has 0 saturated carbocycles. The molecule has 82 valence electrons. The number of nitrogens with zero attached hydrogens (tertiary/aromatic N) is 1. The van der Waals surface area contributed by atoms with Crippen molar-refractivity contribution >= 4 is 22.6 Å². The van der Waals surface area contributed by atoms with E-state index in [1.807, 2.05) is 12.1 Å². The fourth-order valence-electron chi connectivity index (χ4n) is 2.34. The fourth-order valence-corrected chi connectivity index (χ4v) is 2.79. The molecule has 0 spiro atoms. The third-order valence-electron chi connectivity index (χ3n) is 3.35. The van der Waals surface area contributed by atoms with Gasteiger partial charge in [0.05, 0.1) is 5.56 Å². The lowest BCUT2D eigenvalue weighted by atomic mass is 9.81. The summed E-state index contributed by atoms with van der Waals surface area (Å²) in [5.74, 6) is 0. The lowest BCUT2D eigenvalue weighted by Crippen LogP contribution is -2.15. The normalized spacial score (nSPS) is 24.0. The van der Waals surface area contributed by atoms with Gasteiger partial charge < -0.3 is 0 Å². The average Bonchev–Trinajstić information content (AvgIpc) is 2.60. The Kier molecular flexibility index (Phi) is 3.07. The zero-order valence-electron chi connectivity index (χ0n) is 9.55. The third kappa shape index (κ3) is 2.01. The first kappa shape index (κ1) is 11.7. The highest BCUT2D eigenvalue weighted by Crippen LogP contribution is 2.39. The number of hydrogen-bond donors (Lipinski definition) is 0. The van der Waals surface area contributed by atoms with E-state index in [-0.39, 0.29) is 5.41 Å². The van der Waals surface area contributed by atoms with Crippen molar-refractivity contribution in [2.75, 3.05) is 0 Å². The van der Waals surface area contributed by atoms with E-state index in [0.29, 0.717) is 0 Å². The molecule has 1 nitrogen and oxygen atoms in total. The second kappa shape index (κ2) is 4.21. The molecular formula is C14H14IN. The summed E-state index contributed by atoms with van der Waals surface area (Å²) < 4.78 is 1.03. The Morgan fingerprint density at radius 1 is 1.44 bits per heavy atom. The van der Waals surface area contributed by atoms with Gasteiger partial charge in [0.1, 0.15) is 6.07 Å². The maximum absolute atomic E-state index is 9.05. The summed E-state index contributed by atoms with van der Waals surface area (Å²) in [7, 11) is 0. The van der Waals surface area contributed by atoms with Gasteiger partial charge >= 0.3 is 0 Å². The predicted molar refractivity (Wildman–Crippen MR) is 74.2 cm³/mol. The lowest BCUT2D eigenvalue weighted by Gasteiger charge is -2.22. The number of hydrogen-bond acceptors (Lipinski definition) is 1. The van der Waals surface area contributed by atoms with Gasteiger partial charge in [-0.1, -0.05) is 24.6 Å². The van der Waals surface area contributed by atoms with E-state index in [1.54, 1.807) is 0 Å². The first-order valence-electron chi connectivity index (χ1n) is 5.44. The number of allylic oxidation sites excluding steroid dienone is 2. The molecular weight excluding hydrogens is 309 g/mol. The van der Waals surface area contributed by atoms with E-state index >= 15 is 0 Å². The largest absolute Gasteiger partial charge is 0.192 e. The Morgan fingerprint density at radius 3 is 2.75 bits per heavy atom.